The molecule has 1 fully saturated rings. The third-order valence-corrected chi connectivity index (χ3v) is 4.80. The number of unbranched alkanes of at least 4 members (excludes halogenated alkanes) is 1. The van der Waals surface area contributed by atoms with Gasteiger partial charge < -0.3 is 19.1 Å². The van der Waals surface area contributed by atoms with Gasteiger partial charge in [0.2, 0.25) is 11.9 Å². The number of carbonyl (C=O) groups excluding carboxylic acids is 2. The Hall–Kier alpha value is -2.77. The number of aliphatic imine (C=N–C) groups is 1. The van der Waals surface area contributed by atoms with Gasteiger partial charge in [0.25, 0.3) is 0 Å². The molecule has 0 saturated carbocycles. The minimum atomic E-state index is -0.271. The molecule has 0 spiro atoms. The fourth-order valence-electron chi connectivity index (χ4n) is 3.53. The number of hydrogen-bond acceptors (Lipinski definition) is 7. The predicted molar refractivity (Wildman–Crippen MR) is 104 cm³/mol. The maximum atomic E-state index is 12.3. The van der Waals surface area contributed by atoms with Crippen molar-refractivity contribution in [2.45, 2.75) is 46.2 Å². The van der Waals surface area contributed by atoms with E-state index in [1.54, 1.807) is 7.11 Å². The normalized spacial score (nSPS) is 17.6. The lowest BCUT2D eigenvalue weighted by Gasteiger charge is -2.30. The van der Waals surface area contributed by atoms with E-state index in [2.05, 4.69) is 10.3 Å². The first-order valence-electron chi connectivity index (χ1n) is 9.54. The molecule has 28 heavy (non-hydrogen) atoms. The maximum absolute atomic E-state index is 12.3. The van der Waals surface area contributed by atoms with Crippen LogP contribution in [0.3, 0.4) is 0 Å². The summed E-state index contributed by atoms with van der Waals surface area (Å²) in [5.41, 5.74) is 1.68. The molecule has 152 valence electrons. The molecule has 8 heteroatoms. The molecule has 0 radical (unpaired) electrons. The summed E-state index contributed by atoms with van der Waals surface area (Å²) in [6.45, 7) is 6.86. The second kappa shape index (κ2) is 8.50. The largest absolute Gasteiger partial charge is 0.492 e. The zero-order valence-corrected chi connectivity index (χ0v) is 16.8. The molecule has 1 atom stereocenters. The second-order valence-corrected chi connectivity index (χ2v) is 7.23. The van der Waals surface area contributed by atoms with Gasteiger partial charge in [-0.3, -0.25) is 14.9 Å². The third kappa shape index (κ3) is 4.05. The van der Waals surface area contributed by atoms with Crippen LogP contribution in [0, 0.1) is 5.92 Å². The smallest absolute Gasteiger partial charge is 0.302 e. The summed E-state index contributed by atoms with van der Waals surface area (Å²) >= 11 is 0. The molecule has 2 aliphatic heterocycles. The van der Waals surface area contributed by atoms with Crippen LogP contribution in [0.4, 0.5) is 5.69 Å². The van der Waals surface area contributed by atoms with Crippen molar-refractivity contribution >= 4 is 23.5 Å². The third-order valence-electron chi connectivity index (χ3n) is 4.80. The topological polar surface area (TPSA) is 89.5 Å². The summed E-state index contributed by atoms with van der Waals surface area (Å²) in [7, 11) is 1.61. The lowest BCUT2D eigenvalue weighted by atomic mass is 10.0. The van der Waals surface area contributed by atoms with E-state index in [0.717, 1.165) is 24.1 Å². The van der Waals surface area contributed by atoms with Crippen molar-refractivity contribution < 1.29 is 23.8 Å². The fraction of sp³-hybridized carbons (Fsp3) is 0.550. The Morgan fingerprint density at radius 2 is 2.07 bits per heavy atom. The number of benzene rings is 1. The quantitative estimate of drug-likeness (QED) is 0.542. The van der Waals surface area contributed by atoms with Crippen molar-refractivity contribution in [3.05, 3.63) is 17.7 Å². The molecule has 8 nitrogen and oxygen atoms in total. The molecule has 0 bridgehead atoms. The lowest BCUT2D eigenvalue weighted by molar-refractivity contribution is -0.141. The Morgan fingerprint density at radius 3 is 2.75 bits per heavy atom. The number of carbonyl (C=O) groups is 2. The Kier molecular flexibility index (Phi) is 6.06. The number of nitrogens with one attached hydrogen (secondary N) is 1. The van der Waals surface area contributed by atoms with Gasteiger partial charge in [-0.2, -0.15) is 0 Å². The maximum Gasteiger partial charge on any atom is 0.302 e. The van der Waals surface area contributed by atoms with Crippen molar-refractivity contribution in [3.8, 4) is 11.5 Å². The summed E-state index contributed by atoms with van der Waals surface area (Å²) in [5.74, 6) is 1.75. The highest BCUT2D eigenvalue weighted by molar-refractivity contribution is 6.08. The molecular weight excluding hydrogens is 362 g/mol. The van der Waals surface area contributed by atoms with Crippen molar-refractivity contribution in [1.82, 2.24) is 10.2 Å². The van der Waals surface area contributed by atoms with Gasteiger partial charge in [0.1, 0.15) is 6.04 Å². The van der Waals surface area contributed by atoms with E-state index >= 15 is 0 Å². The molecule has 1 saturated heterocycles. The highest BCUT2D eigenvalue weighted by Crippen LogP contribution is 2.42. The van der Waals surface area contributed by atoms with Gasteiger partial charge in [0, 0.05) is 12.5 Å². The van der Waals surface area contributed by atoms with Crippen LogP contribution in [0.25, 0.3) is 0 Å². The van der Waals surface area contributed by atoms with E-state index in [0.29, 0.717) is 37.2 Å². The average Bonchev–Trinajstić information content (AvgIpc) is 2.96. The molecular formula is C20H27N3O5. The van der Waals surface area contributed by atoms with Gasteiger partial charge in [-0.25, -0.2) is 4.99 Å². The first-order chi connectivity index (χ1) is 13.4. The van der Waals surface area contributed by atoms with Gasteiger partial charge in [-0.15, -0.1) is 0 Å². The Morgan fingerprint density at radius 1 is 1.32 bits per heavy atom. The van der Waals surface area contributed by atoms with Crippen molar-refractivity contribution in [1.29, 1.82) is 0 Å². The van der Waals surface area contributed by atoms with Gasteiger partial charge in [0.05, 0.1) is 32.6 Å². The number of rotatable bonds is 8. The second-order valence-electron chi connectivity index (χ2n) is 7.23. The molecule has 0 aromatic heterocycles. The van der Waals surface area contributed by atoms with Crippen LogP contribution in [-0.2, 0) is 20.9 Å². The first kappa shape index (κ1) is 20.0. The van der Waals surface area contributed by atoms with E-state index in [-0.39, 0.29) is 23.8 Å². The SMILES string of the molecule is COc1c(OCCCCOC(C)=O)ccc2c1CN1C(=N2)NC(=O)C1C(C)C. The standard InChI is InChI=1S/C20H27N3O5/c1-12(2)17-19(25)22-20-21-15-7-8-16(18(26-4)14(15)11-23(17)20)28-10-6-5-9-27-13(3)24/h7-8,12,17H,5-6,9-11H2,1-4H3,(H,21,22,25). The summed E-state index contributed by atoms with van der Waals surface area (Å²) in [5, 5.41) is 2.87. The highest BCUT2D eigenvalue weighted by atomic mass is 16.5. The van der Waals surface area contributed by atoms with Gasteiger partial charge in [-0.1, -0.05) is 13.8 Å². The van der Waals surface area contributed by atoms with E-state index in [1.165, 1.54) is 6.92 Å². The first-order valence-corrected chi connectivity index (χ1v) is 9.54. The average molecular weight is 389 g/mol. The van der Waals surface area contributed by atoms with E-state index in [4.69, 9.17) is 14.2 Å². The number of nitrogens with zero attached hydrogens (tertiary/aromatic N) is 2. The summed E-state index contributed by atoms with van der Waals surface area (Å²) in [6, 6.07) is 3.47. The number of fused-ring (bicyclic) bond motifs is 2. The Labute approximate surface area is 164 Å². The number of amides is 1. The molecule has 0 aliphatic carbocycles. The van der Waals surface area contributed by atoms with Crippen LogP contribution in [0.2, 0.25) is 0 Å². The van der Waals surface area contributed by atoms with Crippen LogP contribution in [-0.4, -0.2) is 49.1 Å². The molecule has 1 N–H and O–H groups in total. The van der Waals surface area contributed by atoms with Gasteiger partial charge in [0.15, 0.2) is 11.5 Å². The van der Waals surface area contributed by atoms with Crippen LogP contribution in [0.15, 0.2) is 17.1 Å². The van der Waals surface area contributed by atoms with E-state index in [9.17, 15) is 9.59 Å². The number of esters is 1. The lowest BCUT2D eigenvalue weighted by Crippen LogP contribution is -2.40. The zero-order valence-electron chi connectivity index (χ0n) is 16.8. The number of ether oxygens (including phenoxy) is 3. The Balaban J connectivity index is 1.71. The Bertz CT molecular complexity index is 790. The van der Waals surface area contributed by atoms with E-state index in [1.807, 2.05) is 30.9 Å². The minimum absolute atomic E-state index is 0.0234. The monoisotopic (exact) mass is 389 g/mol. The van der Waals surface area contributed by atoms with Crippen LogP contribution < -0.4 is 14.8 Å². The molecule has 3 rings (SSSR count). The van der Waals surface area contributed by atoms with Gasteiger partial charge >= 0.3 is 5.97 Å². The highest BCUT2D eigenvalue weighted by Gasteiger charge is 2.41. The summed E-state index contributed by atoms with van der Waals surface area (Å²) in [6.07, 6.45) is 1.49. The number of hydrogen-bond donors (Lipinski definition) is 1. The molecule has 1 amide bonds. The molecule has 1 aromatic rings. The minimum Gasteiger partial charge on any atom is -0.492 e. The van der Waals surface area contributed by atoms with E-state index < -0.39 is 0 Å². The molecule has 1 aromatic carbocycles. The number of methoxy groups -OCH3 is 1. The van der Waals surface area contributed by atoms with Crippen molar-refractivity contribution in [2.24, 2.45) is 10.9 Å². The zero-order chi connectivity index (χ0) is 20.3. The van der Waals surface area contributed by atoms with Crippen molar-refractivity contribution in [3.63, 3.8) is 0 Å². The number of guanidine groups is 1. The van der Waals surface area contributed by atoms with Crippen LogP contribution in [0.1, 0.15) is 39.2 Å². The molecule has 2 heterocycles. The molecule has 1 unspecified atom stereocenters. The molecule has 2 aliphatic rings. The van der Waals surface area contributed by atoms with Crippen LogP contribution >= 0.6 is 0 Å². The van der Waals surface area contributed by atoms with Gasteiger partial charge in [-0.05, 0) is 30.9 Å². The van der Waals surface area contributed by atoms with Crippen LogP contribution in [0.5, 0.6) is 11.5 Å². The summed E-state index contributed by atoms with van der Waals surface area (Å²) < 4.78 is 16.4. The predicted octanol–water partition coefficient (Wildman–Crippen LogP) is 2.37. The summed E-state index contributed by atoms with van der Waals surface area (Å²) in [4.78, 5) is 29.7. The fourth-order valence-corrected chi connectivity index (χ4v) is 3.53. The van der Waals surface area contributed by atoms with Crippen molar-refractivity contribution in [2.75, 3.05) is 20.3 Å².